The van der Waals surface area contributed by atoms with Crippen molar-refractivity contribution >= 4 is 22.4 Å². The van der Waals surface area contributed by atoms with Crippen molar-refractivity contribution in [3.8, 4) is 5.88 Å². The van der Waals surface area contributed by atoms with Crippen molar-refractivity contribution in [3.05, 3.63) is 35.0 Å². The zero-order valence-corrected chi connectivity index (χ0v) is 12.1. The number of carbonyl (C=O) groups is 1. The van der Waals surface area contributed by atoms with Gasteiger partial charge in [-0.1, -0.05) is 6.07 Å². The predicted octanol–water partition coefficient (Wildman–Crippen LogP) is 2.34. The number of thiazole rings is 1. The Morgan fingerprint density at radius 3 is 2.95 bits per heavy atom. The predicted molar refractivity (Wildman–Crippen MR) is 76.2 cm³/mol. The number of esters is 1. The Hall–Kier alpha value is -2.15. The minimum atomic E-state index is -0.400. The highest BCUT2D eigenvalue weighted by atomic mass is 32.1. The summed E-state index contributed by atoms with van der Waals surface area (Å²) in [6.07, 6.45) is 1.73. The summed E-state index contributed by atoms with van der Waals surface area (Å²) < 4.78 is 9.87. The summed E-state index contributed by atoms with van der Waals surface area (Å²) in [4.78, 5) is 19.8. The Kier molecular flexibility index (Phi) is 4.89. The maximum absolute atomic E-state index is 11.5. The number of hydrogen-bond acceptors (Lipinski definition) is 7. The third-order valence-corrected chi connectivity index (χ3v) is 3.24. The number of nitrogens with zero attached hydrogens (tertiary/aromatic N) is 2. The number of rotatable bonds is 6. The first-order chi connectivity index (χ1) is 9.72. The number of pyridine rings is 1. The number of ether oxygens (including phenoxy) is 2. The van der Waals surface area contributed by atoms with Gasteiger partial charge in [0.2, 0.25) is 5.88 Å². The fraction of sp³-hybridized carbons (Fsp3) is 0.308. The van der Waals surface area contributed by atoms with E-state index in [-0.39, 0.29) is 0 Å². The molecule has 2 heterocycles. The average molecular weight is 293 g/mol. The quantitative estimate of drug-likeness (QED) is 0.824. The maximum Gasteiger partial charge on any atom is 0.357 e. The van der Waals surface area contributed by atoms with E-state index in [0.29, 0.717) is 29.9 Å². The molecule has 0 radical (unpaired) electrons. The molecule has 0 spiro atoms. The van der Waals surface area contributed by atoms with E-state index in [1.54, 1.807) is 31.7 Å². The molecule has 0 fully saturated rings. The van der Waals surface area contributed by atoms with Crippen LogP contribution in [0.25, 0.3) is 0 Å². The van der Waals surface area contributed by atoms with Crippen LogP contribution in [0.1, 0.15) is 23.0 Å². The number of methoxy groups -OCH3 is 1. The lowest BCUT2D eigenvalue weighted by Gasteiger charge is -2.03. The topological polar surface area (TPSA) is 73.3 Å². The normalized spacial score (nSPS) is 10.1. The molecule has 0 amide bonds. The van der Waals surface area contributed by atoms with Gasteiger partial charge in [0.15, 0.2) is 10.8 Å². The largest absolute Gasteiger partial charge is 0.481 e. The van der Waals surface area contributed by atoms with E-state index in [1.807, 2.05) is 6.07 Å². The first-order valence-corrected chi connectivity index (χ1v) is 6.96. The molecular formula is C13H15N3O3S. The molecule has 7 heteroatoms. The number of hydrogen-bond donors (Lipinski definition) is 1. The van der Waals surface area contributed by atoms with E-state index in [0.717, 1.165) is 5.56 Å². The summed E-state index contributed by atoms with van der Waals surface area (Å²) in [5, 5.41) is 5.48. The lowest BCUT2D eigenvalue weighted by molar-refractivity contribution is 0.0520. The smallest absolute Gasteiger partial charge is 0.357 e. The molecule has 2 aromatic heterocycles. The van der Waals surface area contributed by atoms with Gasteiger partial charge in [0.25, 0.3) is 0 Å². The standard InChI is InChI=1S/C13H15N3O3S/c1-3-19-12(17)10-8-20-13(16-10)15-7-9-4-5-11(18-2)14-6-9/h4-6,8H,3,7H2,1-2H3,(H,15,16). The second-order valence-electron chi connectivity index (χ2n) is 3.82. The van der Waals surface area contributed by atoms with E-state index >= 15 is 0 Å². The molecule has 0 aliphatic rings. The fourth-order valence-corrected chi connectivity index (χ4v) is 2.15. The Morgan fingerprint density at radius 2 is 2.30 bits per heavy atom. The summed E-state index contributed by atoms with van der Waals surface area (Å²) in [6.45, 7) is 2.68. The highest BCUT2D eigenvalue weighted by molar-refractivity contribution is 7.13. The third-order valence-electron chi connectivity index (χ3n) is 2.44. The average Bonchev–Trinajstić information content (AvgIpc) is 2.95. The van der Waals surface area contributed by atoms with Crippen LogP contribution in [0.4, 0.5) is 5.13 Å². The van der Waals surface area contributed by atoms with E-state index in [2.05, 4.69) is 15.3 Å². The first kappa shape index (κ1) is 14.3. The van der Waals surface area contributed by atoms with Crippen LogP contribution in [0.2, 0.25) is 0 Å². The number of anilines is 1. The monoisotopic (exact) mass is 293 g/mol. The molecule has 0 aliphatic carbocycles. The van der Waals surface area contributed by atoms with E-state index in [1.165, 1.54) is 11.3 Å². The highest BCUT2D eigenvalue weighted by Crippen LogP contribution is 2.17. The van der Waals surface area contributed by atoms with Gasteiger partial charge in [0, 0.05) is 24.2 Å². The van der Waals surface area contributed by atoms with Gasteiger partial charge >= 0.3 is 5.97 Å². The SMILES string of the molecule is CCOC(=O)c1csc(NCc2ccc(OC)nc2)n1. The van der Waals surface area contributed by atoms with Gasteiger partial charge in [-0.25, -0.2) is 14.8 Å². The zero-order valence-electron chi connectivity index (χ0n) is 11.3. The molecule has 2 rings (SSSR count). The summed E-state index contributed by atoms with van der Waals surface area (Å²) in [5.74, 6) is 0.176. The minimum absolute atomic E-state index is 0.326. The summed E-state index contributed by atoms with van der Waals surface area (Å²) >= 11 is 1.36. The second kappa shape index (κ2) is 6.85. The summed E-state index contributed by atoms with van der Waals surface area (Å²) in [5.41, 5.74) is 1.32. The molecule has 0 saturated carbocycles. The van der Waals surface area contributed by atoms with Crippen LogP contribution in [-0.4, -0.2) is 29.7 Å². The van der Waals surface area contributed by atoms with Gasteiger partial charge in [0.05, 0.1) is 13.7 Å². The van der Waals surface area contributed by atoms with Crippen LogP contribution in [0.5, 0.6) is 5.88 Å². The fourth-order valence-electron chi connectivity index (χ4n) is 1.47. The van der Waals surface area contributed by atoms with Crippen LogP contribution in [0.3, 0.4) is 0 Å². The molecule has 0 saturated heterocycles. The van der Waals surface area contributed by atoms with Gasteiger partial charge < -0.3 is 14.8 Å². The Bertz CT molecular complexity index is 568. The molecule has 0 aliphatic heterocycles. The molecule has 0 bridgehead atoms. The first-order valence-electron chi connectivity index (χ1n) is 6.08. The van der Waals surface area contributed by atoms with E-state index < -0.39 is 5.97 Å². The van der Waals surface area contributed by atoms with Crippen LogP contribution in [0.15, 0.2) is 23.7 Å². The molecule has 2 aromatic rings. The maximum atomic E-state index is 11.5. The van der Waals surface area contributed by atoms with Crippen LogP contribution in [0, 0.1) is 0 Å². The van der Waals surface area contributed by atoms with Crippen molar-refractivity contribution in [3.63, 3.8) is 0 Å². The van der Waals surface area contributed by atoms with Gasteiger partial charge in [-0.05, 0) is 12.5 Å². The third kappa shape index (κ3) is 3.67. The van der Waals surface area contributed by atoms with E-state index in [9.17, 15) is 4.79 Å². The van der Waals surface area contributed by atoms with Gasteiger partial charge in [-0.15, -0.1) is 11.3 Å². The number of carbonyl (C=O) groups excluding carboxylic acids is 1. The molecule has 0 unspecified atom stereocenters. The molecule has 106 valence electrons. The van der Waals surface area contributed by atoms with Crippen LogP contribution < -0.4 is 10.1 Å². The van der Waals surface area contributed by atoms with Crippen molar-refractivity contribution in [1.82, 2.24) is 9.97 Å². The van der Waals surface area contributed by atoms with Crippen molar-refractivity contribution in [2.45, 2.75) is 13.5 Å². The molecular weight excluding hydrogens is 278 g/mol. The van der Waals surface area contributed by atoms with Crippen molar-refractivity contribution < 1.29 is 14.3 Å². The molecule has 0 atom stereocenters. The van der Waals surface area contributed by atoms with Crippen LogP contribution in [-0.2, 0) is 11.3 Å². The summed E-state index contributed by atoms with van der Waals surface area (Å²) in [7, 11) is 1.58. The van der Waals surface area contributed by atoms with Crippen LogP contribution >= 0.6 is 11.3 Å². The van der Waals surface area contributed by atoms with Crippen molar-refractivity contribution in [1.29, 1.82) is 0 Å². The van der Waals surface area contributed by atoms with Crippen molar-refractivity contribution in [2.75, 3.05) is 19.0 Å². The Balaban J connectivity index is 1.91. The Morgan fingerprint density at radius 1 is 1.45 bits per heavy atom. The lowest BCUT2D eigenvalue weighted by atomic mass is 10.3. The molecule has 20 heavy (non-hydrogen) atoms. The van der Waals surface area contributed by atoms with Gasteiger partial charge in [0.1, 0.15) is 0 Å². The van der Waals surface area contributed by atoms with E-state index in [4.69, 9.17) is 9.47 Å². The molecule has 6 nitrogen and oxygen atoms in total. The zero-order chi connectivity index (χ0) is 14.4. The highest BCUT2D eigenvalue weighted by Gasteiger charge is 2.11. The summed E-state index contributed by atoms with van der Waals surface area (Å²) in [6, 6.07) is 3.71. The lowest BCUT2D eigenvalue weighted by Crippen LogP contribution is -2.05. The van der Waals surface area contributed by atoms with Gasteiger partial charge in [-0.3, -0.25) is 0 Å². The Labute approximate surface area is 120 Å². The van der Waals surface area contributed by atoms with Gasteiger partial charge in [-0.2, -0.15) is 0 Å². The van der Waals surface area contributed by atoms with Crippen molar-refractivity contribution in [2.24, 2.45) is 0 Å². The minimum Gasteiger partial charge on any atom is -0.481 e. The molecule has 0 aromatic carbocycles. The second-order valence-corrected chi connectivity index (χ2v) is 4.68. The molecule has 1 N–H and O–H groups in total. The number of nitrogens with one attached hydrogen (secondary N) is 1. The number of aromatic nitrogens is 2.